The van der Waals surface area contributed by atoms with Gasteiger partial charge in [0.2, 0.25) is 0 Å². The van der Waals surface area contributed by atoms with Gasteiger partial charge in [-0.05, 0) is 13.8 Å². The number of ether oxygens (including phenoxy) is 5. The van der Waals surface area contributed by atoms with E-state index in [1.165, 1.54) is 0 Å². The first-order chi connectivity index (χ1) is 14.2. The van der Waals surface area contributed by atoms with E-state index in [1.807, 2.05) is 56.4 Å². The van der Waals surface area contributed by atoms with Crippen molar-refractivity contribution in [1.29, 1.82) is 0 Å². The molecular weight excluding hydrogens is 368 g/mol. The van der Waals surface area contributed by atoms with Crippen molar-refractivity contribution in [3.8, 4) is 0 Å². The van der Waals surface area contributed by atoms with Gasteiger partial charge in [0.1, 0.15) is 12.2 Å². The molecule has 0 saturated carbocycles. The lowest BCUT2D eigenvalue weighted by Crippen LogP contribution is -2.36. The van der Waals surface area contributed by atoms with Crippen LogP contribution < -0.4 is 0 Å². The standard InChI is InChI=1S/C24H30O5/c1-6-11-14-16(9-4)23-28-21-18(10-5)20(27-24(21)29-23)19-15-25-22(26-19)17(12-7-2)13-8-3/h6-14,18-24H,2,4-5,15H2,1,3H3/b11-6-,13-8-,16-14+,17-12+. The molecule has 0 radical (unpaired) electrons. The van der Waals surface area contributed by atoms with E-state index in [9.17, 15) is 0 Å². The SMILES string of the molecule is C=C/C=C(\C=C/C)C1OCC(C2OC3OC(/C(C=C)=C/C=C\C)OC3C2C=C)O1. The summed E-state index contributed by atoms with van der Waals surface area (Å²) in [6.07, 6.45) is 14.7. The molecule has 3 heterocycles. The summed E-state index contributed by atoms with van der Waals surface area (Å²) in [6.45, 7) is 15.9. The van der Waals surface area contributed by atoms with Crippen molar-refractivity contribution in [2.75, 3.05) is 6.61 Å². The summed E-state index contributed by atoms with van der Waals surface area (Å²) < 4.78 is 30.4. The van der Waals surface area contributed by atoms with Crippen LogP contribution in [0.1, 0.15) is 13.8 Å². The second-order valence-corrected chi connectivity index (χ2v) is 6.99. The minimum Gasteiger partial charge on any atom is -0.346 e. The third-order valence-corrected chi connectivity index (χ3v) is 5.14. The Morgan fingerprint density at radius 1 is 0.862 bits per heavy atom. The lowest BCUT2D eigenvalue weighted by molar-refractivity contribution is -0.169. The van der Waals surface area contributed by atoms with Crippen LogP contribution in [0.2, 0.25) is 0 Å². The van der Waals surface area contributed by atoms with Crippen LogP contribution in [0.3, 0.4) is 0 Å². The van der Waals surface area contributed by atoms with Gasteiger partial charge in [0.15, 0.2) is 18.9 Å². The summed E-state index contributed by atoms with van der Waals surface area (Å²) in [4.78, 5) is 0. The van der Waals surface area contributed by atoms with Crippen LogP contribution in [0.15, 0.2) is 85.6 Å². The van der Waals surface area contributed by atoms with Gasteiger partial charge >= 0.3 is 0 Å². The van der Waals surface area contributed by atoms with E-state index >= 15 is 0 Å². The highest BCUT2D eigenvalue weighted by Crippen LogP contribution is 2.42. The molecule has 3 rings (SSSR count). The van der Waals surface area contributed by atoms with Gasteiger partial charge in [0, 0.05) is 17.1 Å². The molecule has 0 aromatic heterocycles. The molecule has 156 valence electrons. The maximum atomic E-state index is 6.19. The van der Waals surface area contributed by atoms with Gasteiger partial charge in [-0.15, -0.1) is 6.58 Å². The predicted octanol–water partition coefficient (Wildman–Crippen LogP) is 4.37. The van der Waals surface area contributed by atoms with Crippen LogP contribution in [0.5, 0.6) is 0 Å². The Hall–Kier alpha value is -2.02. The molecule has 0 amide bonds. The minimum atomic E-state index is -0.507. The first-order valence-electron chi connectivity index (χ1n) is 9.93. The van der Waals surface area contributed by atoms with Crippen molar-refractivity contribution in [1.82, 2.24) is 0 Å². The second kappa shape index (κ2) is 10.1. The molecule has 5 heteroatoms. The van der Waals surface area contributed by atoms with Crippen LogP contribution in [-0.2, 0) is 23.7 Å². The molecule has 0 aromatic rings. The van der Waals surface area contributed by atoms with Crippen LogP contribution in [0, 0.1) is 5.92 Å². The number of fused-ring (bicyclic) bond motifs is 1. The Morgan fingerprint density at radius 2 is 1.69 bits per heavy atom. The summed E-state index contributed by atoms with van der Waals surface area (Å²) in [6, 6.07) is 0. The van der Waals surface area contributed by atoms with E-state index in [1.54, 1.807) is 12.2 Å². The molecule has 3 fully saturated rings. The highest BCUT2D eigenvalue weighted by molar-refractivity contribution is 5.27. The van der Waals surface area contributed by atoms with Crippen molar-refractivity contribution < 1.29 is 23.7 Å². The molecule has 0 aromatic carbocycles. The fourth-order valence-electron chi connectivity index (χ4n) is 3.77. The van der Waals surface area contributed by atoms with Crippen LogP contribution >= 0.6 is 0 Å². The highest BCUT2D eigenvalue weighted by atomic mass is 16.8. The molecule has 3 aliphatic rings. The summed E-state index contributed by atoms with van der Waals surface area (Å²) in [5.74, 6) is -0.0707. The van der Waals surface area contributed by atoms with Crippen LogP contribution in [0.4, 0.5) is 0 Å². The Balaban J connectivity index is 1.68. The molecule has 0 aliphatic carbocycles. The summed E-state index contributed by atoms with van der Waals surface area (Å²) in [5, 5.41) is 0. The van der Waals surface area contributed by atoms with Gasteiger partial charge in [0.25, 0.3) is 0 Å². The monoisotopic (exact) mass is 398 g/mol. The molecule has 7 atom stereocenters. The molecule has 3 aliphatic heterocycles. The van der Waals surface area contributed by atoms with E-state index in [0.29, 0.717) is 6.61 Å². The van der Waals surface area contributed by atoms with Gasteiger partial charge in [-0.2, -0.15) is 0 Å². The highest BCUT2D eigenvalue weighted by Gasteiger charge is 2.55. The number of allylic oxidation sites excluding steroid dienone is 6. The second-order valence-electron chi connectivity index (χ2n) is 6.99. The van der Waals surface area contributed by atoms with Crippen LogP contribution in [-0.4, -0.2) is 43.8 Å². The number of hydrogen-bond donors (Lipinski definition) is 0. The fraction of sp³-hybridized carbons (Fsp3) is 0.417. The summed E-state index contributed by atoms with van der Waals surface area (Å²) in [5.41, 5.74) is 1.77. The summed E-state index contributed by atoms with van der Waals surface area (Å²) >= 11 is 0. The Bertz CT molecular complexity index is 732. The normalized spacial score (nSPS) is 38.1. The topological polar surface area (TPSA) is 46.2 Å². The van der Waals surface area contributed by atoms with Gasteiger partial charge in [-0.25, -0.2) is 0 Å². The molecule has 0 bridgehead atoms. The van der Waals surface area contributed by atoms with Gasteiger partial charge < -0.3 is 23.7 Å². The maximum absolute atomic E-state index is 6.19. The van der Waals surface area contributed by atoms with Crippen molar-refractivity contribution in [2.24, 2.45) is 5.92 Å². The average molecular weight is 398 g/mol. The van der Waals surface area contributed by atoms with E-state index in [-0.39, 0.29) is 24.2 Å². The zero-order valence-corrected chi connectivity index (χ0v) is 17.1. The average Bonchev–Trinajstić information content (AvgIpc) is 3.42. The molecule has 5 nitrogen and oxygen atoms in total. The molecule has 3 saturated heterocycles. The van der Waals surface area contributed by atoms with Crippen LogP contribution in [0.25, 0.3) is 0 Å². The largest absolute Gasteiger partial charge is 0.346 e. The lowest BCUT2D eigenvalue weighted by Gasteiger charge is -2.24. The maximum Gasteiger partial charge on any atom is 0.188 e. The first-order valence-corrected chi connectivity index (χ1v) is 9.93. The van der Waals surface area contributed by atoms with Gasteiger partial charge in [-0.1, -0.05) is 67.8 Å². The zero-order valence-electron chi connectivity index (χ0n) is 17.1. The molecule has 0 N–H and O–H groups in total. The molecular formula is C24H30O5. The van der Waals surface area contributed by atoms with Crippen molar-refractivity contribution in [3.63, 3.8) is 0 Å². The van der Waals surface area contributed by atoms with Gasteiger partial charge in [-0.3, -0.25) is 0 Å². The van der Waals surface area contributed by atoms with E-state index in [0.717, 1.165) is 11.1 Å². The van der Waals surface area contributed by atoms with Crippen molar-refractivity contribution in [3.05, 3.63) is 85.6 Å². The smallest absolute Gasteiger partial charge is 0.188 e. The number of hydrogen-bond acceptors (Lipinski definition) is 5. The molecule has 0 spiro atoms. The quantitative estimate of drug-likeness (QED) is 0.449. The fourth-order valence-corrected chi connectivity index (χ4v) is 3.77. The summed E-state index contributed by atoms with van der Waals surface area (Å²) in [7, 11) is 0. The molecule has 29 heavy (non-hydrogen) atoms. The minimum absolute atomic E-state index is 0.0707. The number of rotatable bonds is 8. The van der Waals surface area contributed by atoms with Crippen molar-refractivity contribution in [2.45, 2.75) is 51.0 Å². The Kier molecular flexibility index (Phi) is 7.58. The lowest BCUT2D eigenvalue weighted by atomic mass is 9.95. The third-order valence-electron chi connectivity index (χ3n) is 5.14. The third kappa shape index (κ3) is 4.60. The van der Waals surface area contributed by atoms with E-state index in [4.69, 9.17) is 23.7 Å². The first kappa shape index (κ1) is 21.7. The molecule has 7 unspecified atom stereocenters. The van der Waals surface area contributed by atoms with Gasteiger partial charge in [0.05, 0.1) is 12.7 Å². The van der Waals surface area contributed by atoms with E-state index < -0.39 is 18.9 Å². The van der Waals surface area contributed by atoms with Crippen molar-refractivity contribution >= 4 is 0 Å². The Morgan fingerprint density at radius 3 is 2.34 bits per heavy atom. The zero-order chi connectivity index (χ0) is 20.8. The Labute approximate surface area is 173 Å². The predicted molar refractivity (Wildman–Crippen MR) is 113 cm³/mol. The van der Waals surface area contributed by atoms with E-state index in [2.05, 4.69) is 19.7 Å².